The molecule has 0 radical (unpaired) electrons. The molecule has 176 valence electrons. The van der Waals surface area contributed by atoms with E-state index in [-0.39, 0.29) is 5.91 Å². The zero-order valence-electron chi connectivity index (χ0n) is 20.4. The van der Waals surface area contributed by atoms with Gasteiger partial charge in [-0.1, -0.05) is 84.4 Å². The van der Waals surface area contributed by atoms with Crippen LogP contribution in [0.2, 0.25) is 0 Å². The molecule has 3 aromatic carbocycles. The van der Waals surface area contributed by atoms with Gasteiger partial charge < -0.3 is 4.90 Å². The minimum absolute atomic E-state index is 0.0918. The molecule has 0 bridgehead atoms. The Morgan fingerprint density at radius 2 is 1.63 bits per heavy atom. The Morgan fingerprint density at radius 3 is 2.40 bits per heavy atom. The Labute approximate surface area is 207 Å². The van der Waals surface area contributed by atoms with E-state index in [0.29, 0.717) is 0 Å². The fourth-order valence-electron chi connectivity index (χ4n) is 4.80. The van der Waals surface area contributed by atoms with Crippen LogP contribution in [0.4, 0.5) is 0 Å². The Hall–Kier alpha value is -3.76. The third-order valence-corrected chi connectivity index (χ3v) is 6.74. The highest BCUT2D eigenvalue weighted by Crippen LogP contribution is 2.28. The largest absolute Gasteiger partial charge is 0.336 e. The van der Waals surface area contributed by atoms with Gasteiger partial charge in [0.1, 0.15) is 0 Å². The molecule has 4 aromatic rings. The molecule has 35 heavy (non-hydrogen) atoms. The number of hydrogen-bond donors (Lipinski definition) is 0. The van der Waals surface area contributed by atoms with Crippen LogP contribution in [0.3, 0.4) is 0 Å². The molecule has 1 amide bonds. The minimum Gasteiger partial charge on any atom is -0.336 e. The summed E-state index contributed by atoms with van der Waals surface area (Å²) < 4.78 is 0. The average molecular weight is 462 g/mol. The van der Waals surface area contributed by atoms with E-state index >= 15 is 0 Å². The summed E-state index contributed by atoms with van der Waals surface area (Å²) in [7, 11) is 0. The number of aromatic nitrogens is 1. The molecule has 1 saturated heterocycles. The third kappa shape index (κ3) is 5.18. The zero-order chi connectivity index (χ0) is 24.2. The summed E-state index contributed by atoms with van der Waals surface area (Å²) in [5.74, 6) is 0.0918. The quantitative estimate of drug-likeness (QED) is 0.366. The molecular formula is C31H31N3O. The number of fused-ring (bicyclic) bond motifs is 1. The first-order chi connectivity index (χ1) is 17.1. The first kappa shape index (κ1) is 23.0. The van der Waals surface area contributed by atoms with Gasteiger partial charge in [-0.05, 0) is 37.1 Å². The predicted octanol–water partition coefficient (Wildman–Crippen LogP) is 5.99. The fraction of sp³-hybridized carbons (Fsp3) is 0.226. The number of nitrogens with zero attached hydrogens (tertiary/aromatic N) is 3. The van der Waals surface area contributed by atoms with Crippen molar-refractivity contribution in [1.82, 2.24) is 14.8 Å². The van der Waals surface area contributed by atoms with E-state index in [1.54, 1.807) is 0 Å². The maximum atomic E-state index is 13.7. The van der Waals surface area contributed by atoms with Crippen LogP contribution in [0, 0.1) is 13.8 Å². The highest BCUT2D eigenvalue weighted by atomic mass is 16.2. The first-order valence-electron chi connectivity index (χ1n) is 12.3. The molecule has 0 spiro atoms. The molecule has 1 aliphatic rings. The van der Waals surface area contributed by atoms with E-state index in [4.69, 9.17) is 4.98 Å². The lowest BCUT2D eigenvalue weighted by Gasteiger charge is -2.34. The van der Waals surface area contributed by atoms with E-state index in [1.165, 1.54) is 16.7 Å². The molecule has 4 heteroatoms. The Bertz CT molecular complexity index is 1370. The zero-order valence-corrected chi connectivity index (χ0v) is 20.4. The number of amides is 1. The summed E-state index contributed by atoms with van der Waals surface area (Å²) in [6.45, 7) is 8.30. The van der Waals surface area contributed by atoms with Crippen LogP contribution in [0.15, 0.2) is 84.9 Å². The average Bonchev–Trinajstić information content (AvgIpc) is 2.89. The molecular weight excluding hydrogens is 430 g/mol. The number of carbonyl (C=O) groups excluding carboxylic acids is 1. The van der Waals surface area contributed by atoms with Crippen LogP contribution in [0.5, 0.6) is 0 Å². The van der Waals surface area contributed by atoms with Crippen LogP contribution in [0.1, 0.15) is 27.0 Å². The molecule has 4 nitrogen and oxygen atoms in total. The summed E-state index contributed by atoms with van der Waals surface area (Å²) in [5, 5.41) is 0.916. The van der Waals surface area contributed by atoms with Gasteiger partial charge in [-0.3, -0.25) is 9.69 Å². The molecule has 0 N–H and O–H groups in total. The molecule has 1 aromatic heterocycles. The van der Waals surface area contributed by atoms with Crippen molar-refractivity contribution in [3.05, 3.63) is 107 Å². The monoisotopic (exact) mass is 461 g/mol. The van der Waals surface area contributed by atoms with Crippen molar-refractivity contribution in [2.75, 3.05) is 32.7 Å². The van der Waals surface area contributed by atoms with Crippen molar-refractivity contribution in [1.29, 1.82) is 0 Å². The molecule has 1 aliphatic heterocycles. The second-order valence-electron chi connectivity index (χ2n) is 9.30. The molecule has 0 saturated carbocycles. The van der Waals surface area contributed by atoms with E-state index in [9.17, 15) is 4.79 Å². The molecule has 1 fully saturated rings. The Balaban J connectivity index is 1.34. The SMILES string of the molecule is Cc1ccc(-c2cc(C(=O)N3CCN(CC=Cc4ccccc4)CC3)c3ccccc3n2)c(C)c1. The van der Waals surface area contributed by atoms with Crippen LogP contribution in [0.25, 0.3) is 28.2 Å². The number of carbonyl (C=O) groups is 1. The number of hydrogen-bond acceptors (Lipinski definition) is 3. The van der Waals surface area contributed by atoms with Crippen LogP contribution >= 0.6 is 0 Å². The lowest BCUT2D eigenvalue weighted by Crippen LogP contribution is -2.48. The number of para-hydroxylation sites is 1. The standard InChI is InChI=1S/C31H31N3O/c1-23-14-15-26(24(2)21-23)30-22-28(27-12-6-7-13-29(27)32-30)31(35)34-19-17-33(18-20-34)16-8-11-25-9-4-3-5-10-25/h3-15,21-22H,16-20H2,1-2H3. The van der Waals surface area contributed by atoms with Gasteiger partial charge in [0.05, 0.1) is 16.8 Å². The van der Waals surface area contributed by atoms with Crippen molar-refractivity contribution in [2.45, 2.75) is 13.8 Å². The van der Waals surface area contributed by atoms with Gasteiger partial charge in [0, 0.05) is 43.7 Å². The van der Waals surface area contributed by atoms with Gasteiger partial charge >= 0.3 is 0 Å². The summed E-state index contributed by atoms with van der Waals surface area (Å²) in [6, 6.07) is 26.7. The molecule has 0 aliphatic carbocycles. The van der Waals surface area contributed by atoms with Gasteiger partial charge in [-0.15, -0.1) is 0 Å². The van der Waals surface area contributed by atoms with Crippen molar-refractivity contribution >= 4 is 22.9 Å². The number of rotatable bonds is 5. The van der Waals surface area contributed by atoms with Gasteiger partial charge in [0.2, 0.25) is 0 Å². The molecule has 0 atom stereocenters. The minimum atomic E-state index is 0.0918. The van der Waals surface area contributed by atoms with E-state index in [2.05, 4.69) is 73.4 Å². The third-order valence-electron chi connectivity index (χ3n) is 6.74. The summed E-state index contributed by atoms with van der Waals surface area (Å²) in [6.07, 6.45) is 4.37. The topological polar surface area (TPSA) is 36.4 Å². The molecule has 2 heterocycles. The fourth-order valence-corrected chi connectivity index (χ4v) is 4.80. The van der Waals surface area contributed by atoms with Crippen LogP contribution in [-0.4, -0.2) is 53.4 Å². The van der Waals surface area contributed by atoms with Crippen molar-refractivity contribution in [3.63, 3.8) is 0 Å². The first-order valence-corrected chi connectivity index (χ1v) is 12.3. The lowest BCUT2D eigenvalue weighted by atomic mass is 9.99. The second-order valence-corrected chi connectivity index (χ2v) is 9.30. The number of aryl methyl sites for hydroxylation is 2. The predicted molar refractivity (Wildman–Crippen MR) is 144 cm³/mol. The summed E-state index contributed by atoms with van der Waals surface area (Å²) >= 11 is 0. The number of benzene rings is 3. The van der Waals surface area contributed by atoms with Crippen molar-refractivity contribution < 1.29 is 4.79 Å². The van der Waals surface area contributed by atoms with E-state index in [1.807, 2.05) is 41.3 Å². The van der Waals surface area contributed by atoms with E-state index in [0.717, 1.165) is 60.4 Å². The van der Waals surface area contributed by atoms with Crippen LogP contribution in [-0.2, 0) is 0 Å². The summed E-state index contributed by atoms with van der Waals surface area (Å²) in [5.41, 5.74) is 7.13. The van der Waals surface area contributed by atoms with Gasteiger partial charge in [0.15, 0.2) is 0 Å². The Kier molecular flexibility index (Phi) is 6.73. The van der Waals surface area contributed by atoms with Gasteiger partial charge in [-0.2, -0.15) is 0 Å². The molecule has 5 rings (SSSR count). The highest BCUT2D eigenvalue weighted by molar-refractivity contribution is 6.07. The smallest absolute Gasteiger partial charge is 0.254 e. The second kappa shape index (κ2) is 10.2. The van der Waals surface area contributed by atoms with Crippen molar-refractivity contribution in [2.24, 2.45) is 0 Å². The normalized spacial score (nSPS) is 14.6. The maximum absolute atomic E-state index is 13.7. The van der Waals surface area contributed by atoms with Crippen LogP contribution < -0.4 is 0 Å². The lowest BCUT2D eigenvalue weighted by molar-refractivity contribution is 0.0652. The van der Waals surface area contributed by atoms with Crippen molar-refractivity contribution in [3.8, 4) is 11.3 Å². The highest BCUT2D eigenvalue weighted by Gasteiger charge is 2.24. The maximum Gasteiger partial charge on any atom is 0.254 e. The van der Waals surface area contributed by atoms with Gasteiger partial charge in [0.25, 0.3) is 5.91 Å². The number of pyridine rings is 1. The van der Waals surface area contributed by atoms with E-state index < -0.39 is 0 Å². The number of piperazine rings is 1. The Morgan fingerprint density at radius 1 is 0.886 bits per heavy atom. The molecule has 0 unspecified atom stereocenters. The summed E-state index contributed by atoms with van der Waals surface area (Å²) in [4.78, 5) is 23.0. The van der Waals surface area contributed by atoms with Gasteiger partial charge in [-0.25, -0.2) is 4.98 Å².